The molecule has 0 saturated heterocycles. The lowest BCUT2D eigenvalue weighted by molar-refractivity contribution is -0.119. The first kappa shape index (κ1) is 24.0. The van der Waals surface area contributed by atoms with Gasteiger partial charge in [0.15, 0.2) is 6.61 Å². The lowest BCUT2D eigenvalue weighted by Gasteiger charge is -2.13. The van der Waals surface area contributed by atoms with Crippen LogP contribution in [0.1, 0.15) is 27.9 Å². The number of hydrogen-bond acceptors (Lipinski definition) is 7. The number of carbonyl (C=O) groups excluding carboxylic acids is 3. The third-order valence-electron chi connectivity index (χ3n) is 5.14. The Bertz CT molecular complexity index is 1430. The molecular weight excluding hydrogens is 468 g/mol. The van der Waals surface area contributed by atoms with Crippen LogP contribution in [0.2, 0.25) is 0 Å². The minimum Gasteiger partial charge on any atom is -0.495 e. The van der Waals surface area contributed by atoms with Crippen LogP contribution in [0.15, 0.2) is 48.8 Å². The number of methoxy groups -OCH3 is 1. The van der Waals surface area contributed by atoms with E-state index < -0.39 is 18.5 Å². The maximum atomic E-state index is 13.1. The van der Waals surface area contributed by atoms with Gasteiger partial charge in [0.05, 0.1) is 18.5 Å². The molecule has 180 valence electrons. The van der Waals surface area contributed by atoms with Crippen LogP contribution in [0.25, 0.3) is 15.9 Å². The van der Waals surface area contributed by atoms with Gasteiger partial charge in [-0.15, -0.1) is 11.3 Å². The fraction of sp³-hybridized carbons (Fsp3) is 0.200. The molecule has 0 aliphatic rings. The van der Waals surface area contributed by atoms with Crippen molar-refractivity contribution in [3.63, 3.8) is 0 Å². The van der Waals surface area contributed by atoms with E-state index in [-0.39, 0.29) is 5.91 Å². The van der Waals surface area contributed by atoms with Crippen molar-refractivity contribution >= 4 is 50.7 Å². The number of aromatic nitrogens is 2. The van der Waals surface area contributed by atoms with Gasteiger partial charge in [-0.3, -0.25) is 9.59 Å². The lowest BCUT2D eigenvalue weighted by atomic mass is 10.1. The number of carbonyl (C=O) groups is 3. The molecule has 0 aliphatic carbocycles. The summed E-state index contributed by atoms with van der Waals surface area (Å²) in [5.74, 6) is -1.02. The molecule has 0 fully saturated rings. The zero-order valence-corrected chi connectivity index (χ0v) is 20.5. The van der Waals surface area contributed by atoms with Crippen molar-refractivity contribution in [2.45, 2.75) is 20.8 Å². The van der Waals surface area contributed by atoms with Crippen molar-refractivity contribution < 1.29 is 23.9 Å². The fourth-order valence-electron chi connectivity index (χ4n) is 3.76. The van der Waals surface area contributed by atoms with Gasteiger partial charge in [0.2, 0.25) is 5.91 Å². The summed E-state index contributed by atoms with van der Waals surface area (Å²) in [4.78, 5) is 42.7. The SMILES string of the molecule is COc1ccc(NC(C)=O)cc1NC(=O)COC(=O)c1sc2nc(C)cc(C)c2c1-n1cccc1. The maximum Gasteiger partial charge on any atom is 0.351 e. The minimum absolute atomic E-state index is 0.247. The summed E-state index contributed by atoms with van der Waals surface area (Å²) in [5, 5.41) is 6.17. The van der Waals surface area contributed by atoms with Crippen LogP contribution in [0.3, 0.4) is 0 Å². The zero-order valence-electron chi connectivity index (χ0n) is 19.7. The molecule has 1 aromatic carbocycles. The number of rotatable bonds is 7. The highest BCUT2D eigenvalue weighted by atomic mass is 32.1. The summed E-state index contributed by atoms with van der Waals surface area (Å²) < 4.78 is 12.5. The number of esters is 1. The summed E-state index contributed by atoms with van der Waals surface area (Å²) in [6, 6.07) is 10.5. The highest BCUT2D eigenvalue weighted by Crippen LogP contribution is 2.36. The molecule has 0 unspecified atom stereocenters. The number of ether oxygens (including phenoxy) is 2. The van der Waals surface area contributed by atoms with Crippen LogP contribution in [-0.2, 0) is 14.3 Å². The molecule has 4 rings (SSSR count). The number of nitrogens with one attached hydrogen (secondary N) is 2. The number of anilines is 2. The van der Waals surface area contributed by atoms with Gasteiger partial charge in [-0.2, -0.15) is 0 Å². The van der Waals surface area contributed by atoms with E-state index in [1.54, 1.807) is 18.2 Å². The van der Waals surface area contributed by atoms with Gasteiger partial charge < -0.3 is 24.7 Å². The Kier molecular flexibility index (Phi) is 6.83. The number of thiophene rings is 1. The van der Waals surface area contributed by atoms with Crippen molar-refractivity contribution in [2.75, 3.05) is 24.4 Å². The van der Waals surface area contributed by atoms with Gasteiger partial charge in [0.1, 0.15) is 15.5 Å². The van der Waals surface area contributed by atoms with Crippen molar-refractivity contribution in [3.05, 3.63) is 64.9 Å². The molecule has 3 heterocycles. The van der Waals surface area contributed by atoms with E-state index in [9.17, 15) is 14.4 Å². The second-order valence-electron chi connectivity index (χ2n) is 7.85. The van der Waals surface area contributed by atoms with E-state index in [0.29, 0.717) is 27.7 Å². The first-order chi connectivity index (χ1) is 16.8. The van der Waals surface area contributed by atoms with E-state index >= 15 is 0 Å². The van der Waals surface area contributed by atoms with Crippen LogP contribution in [-0.4, -0.2) is 41.1 Å². The van der Waals surface area contributed by atoms with Gasteiger partial charge >= 0.3 is 5.97 Å². The monoisotopic (exact) mass is 492 g/mol. The number of pyridine rings is 1. The molecule has 10 heteroatoms. The van der Waals surface area contributed by atoms with Gasteiger partial charge in [0.25, 0.3) is 5.91 Å². The Morgan fingerprint density at radius 2 is 1.83 bits per heavy atom. The zero-order chi connectivity index (χ0) is 25.1. The van der Waals surface area contributed by atoms with Crippen LogP contribution in [0.5, 0.6) is 5.75 Å². The molecule has 0 atom stereocenters. The lowest BCUT2D eigenvalue weighted by Crippen LogP contribution is -2.21. The third-order valence-corrected chi connectivity index (χ3v) is 6.19. The summed E-state index contributed by atoms with van der Waals surface area (Å²) in [7, 11) is 1.46. The van der Waals surface area contributed by atoms with E-state index in [0.717, 1.165) is 21.5 Å². The second-order valence-corrected chi connectivity index (χ2v) is 8.85. The average Bonchev–Trinajstić information content (AvgIpc) is 3.45. The van der Waals surface area contributed by atoms with Crippen LogP contribution < -0.4 is 15.4 Å². The van der Waals surface area contributed by atoms with Gasteiger partial charge in [-0.05, 0) is 55.8 Å². The number of nitrogens with zero attached hydrogens (tertiary/aromatic N) is 2. The Morgan fingerprint density at radius 1 is 1.09 bits per heavy atom. The minimum atomic E-state index is -0.622. The number of hydrogen-bond donors (Lipinski definition) is 2. The van der Waals surface area contributed by atoms with E-state index in [1.807, 2.05) is 49.0 Å². The van der Waals surface area contributed by atoms with Crippen molar-refractivity contribution in [3.8, 4) is 11.4 Å². The molecule has 0 bridgehead atoms. The number of benzene rings is 1. The molecule has 4 aromatic rings. The average molecular weight is 493 g/mol. The van der Waals surface area contributed by atoms with Crippen LogP contribution in [0.4, 0.5) is 11.4 Å². The summed E-state index contributed by atoms with van der Waals surface area (Å²) in [5.41, 5.74) is 3.35. The van der Waals surface area contributed by atoms with Crippen molar-refractivity contribution in [1.29, 1.82) is 0 Å². The molecule has 3 aromatic heterocycles. The molecule has 0 saturated carbocycles. The highest BCUT2D eigenvalue weighted by molar-refractivity contribution is 7.21. The standard InChI is InChI=1S/C25H24N4O5S/c1-14-11-15(2)26-24-21(14)22(29-9-5-6-10-29)23(35-24)25(32)34-13-20(31)28-18-12-17(27-16(3)30)7-8-19(18)33-4/h5-12H,13H2,1-4H3,(H,27,30)(H,28,31). The van der Waals surface area contributed by atoms with Crippen LogP contribution in [0, 0.1) is 13.8 Å². The Morgan fingerprint density at radius 3 is 2.51 bits per heavy atom. The van der Waals surface area contributed by atoms with E-state index in [1.165, 1.54) is 25.4 Å². The Hall–Kier alpha value is -4.18. The summed E-state index contributed by atoms with van der Waals surface area (Å²) in [6.07, 6.45) is 3.69. The van der Waals surface area contributed by atoms with Crippen LogP contribution >= 0.6 is 11.3 Å². The first-order valence-corrected chi connectivity index (χ1v) is 11.5. The third kappa shape index (κ3) is 5.17. The highest BCUT2D eigenvalue weighted by Gasteiger charge is 2.24. The smallest absolute Gasteiger partial charge is 0.351 e. The molecule has 35 heavy (non-hydrogen) atoms. The molecule has 0 spiro atoms. The Balaban J connectivity index is 1.55. The molecule has 2 amide bonds. The number of amides is 2. The number of aryl methyl sites for hydroxylation is 2. The van der Waals surface area contributed by atoms with E-state index in [2.05, 4.69) is 15.6 Å². The molecular formula is C25H24N4O5S. The van der Waals surface area contributed by atoms with Gasteiger partial charge in [-0.25, -0.2) is 9.78 Å². The maximum absolute atomic E-state index is 13.1. The second kappa shape index (κ2) is 9.98. The summed E-state index contributed by atoms with van der Waals surface area (Å²) >= 11 is 1.23. The van der Waals surface area contributed by atoms with E-state index in [4.69, 9.17) is 9.47 Å². The molecule has 9 nitrogen and oxygen atoms in total. The summed E-state index contributed by atoms with van der Waals surface area (Å²) in [6.45, 7) is 4.76. The normalized spacial score (nSPS) is 10.7. The topological polar surface area (TPSA) is 112 Å². The van der Waals surface area contributed by atoms with Gasteiger partial charge in [-0.1, -0.05) is 0 Å². The van der Waals surface area contributed by atoms with Gasteiger partial charge in [0, 0.05) is 36.1 Å². The number of fused-ring (bicyclic) bond motifs is 1. The van der Waals surface area contributed by atoms with Crippen molar-refractivity contribution in [1.82, 2.24) is 9.55 Å². The predicted molar refractivity (Wildman–Crippen MR) is 135 cm³/mol. The van der Waals surface area contributed by atoms with Crippen molar-refractivity contribution in [2.24, 2.45) is 0 Å². The molecule has 0 aliphatic heterocycles. The fourth-order valence-corrected chi connectivity index (χ4v) is 4.95. The molecule has 0 radical (unpaired) electrons. The largest absolute Gasteiger partial charge is 0.495 e. The quantitative estimate of drug-likeness (QED) is 0.368. The first-order valence-electron chi connectivity index (χ1n) is 10.7. The predicted octanol–water partition coefficient (Wildman–Crippen LogP) is 4.47. The Labute approximate surface area is 205 Å². The molecule has 2 N–H and O–H groups in total.